The SMILES string of the molecule is CNC(c1ccc(Br)cc1)c1ccc(F)c(C(F)(F)F)c1. The molecule has 112 valence electrons. The van der Waals surface area contributed by atoms with Gasteiger partial charge in [-0.15, -0.1) is 0 Å². The number of hydrogen-bond acceptors (Lipinski definition) is 1. The van der Waals surface area contributed by atoms with Crippen molar-refractivity contribution in [2.45, 2.75) is 12.2 Å². The summed E-state index contributed by atoms with van der Waals surface area (Å²) in [5.74, 6) is -1.27. The van der Waals surface area contributed by atoms with Crippen molar-refractivity contribution in [3.05, 3.63) is 69.4 Å². The van der Waals surface area contributed by atoms with Crippen molar-refractivity contribution < 1.29 is 17.6 Å². The van der Waals surface area contributed by atoms with Crippen molar-refractivity contribution in [3.8, 4) is 0 Å². The number of alkyl halides is 3. The van der Waals surface area contributed by atoms with Gasteiger partial charge in [-0.25, -0.2) is 4.39 Å². The fraction of sp³-hybridized carbons (Fsp3) is 0.200. The monoisotopic (exact) mass is 361 g/mol. The highest BCUT2D eigenvalue weighted by Crippen LogP contribution is 2.34. The van der Waals surface area contributed by atoms with Crippen molar-refractivity contribution >= 4 is 15.9 Å². The van der Waals surface area contributed by atoms with Gasteiger partial charge in [0.15, 0.2) is 0 Å². The molecule has 2 rings (SSSR count). The molecule has 1 N–H and O–H groups in total. The summed E-state index contributed by atoms with van der Waals surface area (Å²) in [6.07, 6.45) is -4.71. The Morgan fingerprint density at radius 3 is 2.10 bits per heavy atom. The van der Waals surface area contributed by atoms with Crippen LogP contribution in [0.15, 0.2) is 46.9 Å². The molecule has 0 aliphatic carbocycles. The topological polar surface area (TPSA) is 12.0 Å². The predicted octanol–water partition coefficient (Wildman–Crippen LogP) is 4.92. The van der Waals surface area contributed by atoms with Crippen molar-refractivity contribution in [2.24, 2.45) is 0 Å². The van der Waals surface area contributed by atoms with Crippen LogP contribution in [0.4, 0.5) is 17.6 Å². The van der Waals surface area contributed by atoms with Crippen LogP contribution in [0.25, 0.3) is 0 Å². The lowest BCUT2D eigenvalue weighted by Crippen LogP contribution is -2.19. The Balaban J connectivity index is 2.46. The first-order valence-corrected chi connectivity index (χ1v) is 6.91. The lowest BCUT2D eigenvalue weighted by molar-refractivity contribution is -0.140. The van der Waals surface area contributed by atoms with Crippen LogP contribution >= 0.6 is 15.9 Å². The second kappa shape index (κ2) is 6.15. The van der Waals surface area contributed by atoms with Crippen LogP contribution in [0.2, 0.25) is 0 Å². The second-order valence-corrected chi connectivity index (χ2v) is 5.43. The summed E-state index contributed by atoms with van der Waals surface area (Å²) >= 11 is 3.30. The Morgan fingerprint density at radius 1 is 1.00 bits per heavy atom. The third-order valence-electron chi connectivity index (χ3n) is 3.12. The van der Waals surface area contributed by atoms with E-state index in [9.17, 15) is 17.6 Å². The Morgan fingerprint density at radius 2 is 1.57 bits per heavy atom. The van der Waals surface area contributed by atoms with Gasteiger partial charge in [-0.1, -0.05) is 34.1 Å². The lowest BCUT2D eigenvalue weighted by Gasteiger charge is -2.19. The third-order valence-corrected chi connectivity index (χ3v) is 3.65. The maximum absolute atomic E-state index is 13.3. The molecular formula is C15H12BrF4N. The summed E-state index contributed by atoms with van der Waals surface area (Å²) in [7, 11) is 1.64. The van der Waals surface area contributed by atoms with Gasteiger partial charge in [-0.2, -0.15) is 13.2 Å². The van der Waals surface area contributed by atoms with Gasteiger partial charge in [0.2, 0.25) is 0 Å². The smallest absolute Gasteiger partial charge is 0.309 e. The van der Waals surface area contributed by atoms with E-state index in [-0.39, 0.29) is 0 Å². The maximum Gasteiger partial charge on any atom is 0.419 e. The van der Waals surface area contributed by atoms with Gasteiger partial charge in [0, 0.05) is 4.47 Å². The molecule has 0 aromatic heterocycles. The standard InChI is InChI=1S/C15H12BrF4N/c1-21-14(9-2-5-11(16)6-3-9)10-4-7-13(17)12(8-10)15(18,19)20/h2-8,14,21H,1H3. The van der Waals surface area contributed by atoms with E-state index in [4.69, 9.17) is 0 Å². The quantitative estimate of drug-likeness (QED) is 0.765. The summed E-state index contributed by atoms with van der Waals surface area (Å²) in [6.45, 7) is 0. The molecule has 2 aromatic rings. The van der Waals surface area contributed by atoms with E-state index in [1.165, 1.54) is 6.07 Å². The highest BCUT2D eigenvalue weighted by Gasteiger charge is 2.34. The highest BCUT2D eigenvalue weighted by molar-refractivity contribution is 9.10. The number of benzene rings is 2. The Kier molecular flexibility index (Phi) is 4.68. The Bertz CT molecular complexity index is 623. The predicted molar refractivity (Wildman–Crippen MR) is 76.4 cm³/mol. The van der Waals surface area contributed by atoms with Crippen LogP contribution in [0.5, 0.6) is 0 Å². The fourth-order valence-electron chi connectivity index (χ4n) is 2.12. The molecule has 0 saturated carbocycles. The number of halogens is 5. The second-order valence-electron chi connectivity index (χ2n) is 4.51. The van der Waals surface area contributed by atoms with Crippen LogP contribution in [0.1, 0.15) is 22.7 Å². The van der Waals surface area contributed by atoms with E-state index in [0.717, 1.165) is 22.2 Å². The zero-order valence-corrected chi connectivity index (χ0v) is 12.6. The molecule has 2 aromatic carbocycles. The van der Waals surface area contributed by atoms with Crippen LogP contribution in [-0.4, -0.2) is 7.05 Å². The summed E-state index contributed by atoms with van der Waals surface area (Å²) in [6, 6.07) is 9.79. The molecule has 0 aliphatic heterocycles. The maximum atomic E-state index is 13.3. The zero-order chi connectivity index (χ0) is 15.6. The molecule has 0 bridgehead atoms. The van der Waals surface area contributed by atoms with Crippen LogP contribution in [-0.2, 0) is 6.18 Å². The molecule has 1 nitrogen and oxygen atoms in total. The normalized spacial score (nSPS) is 13.2. The molecule has 6 heteroatoms. The number of hydrogen-bond donors (Lipinski definition) is 1. The van der Waals surface area contributed by atoms with Gasteiger partial charge < -0.3 is 5.32 Å². The molecule has 0 heterocycles. The van der Waals surface area contributed by atoms with Gasteiger partial charge in [0.1, 0.15) is 5.82 Å². The van der Waals surface area contributed by atoms with Gasteiger partial charge >= 0.3 is 6.18 Å². The van der Waals surface area contributed by atoms with Gasteiger partial charge in [0.25, 0.3) is 0 Å². The summed E-state index contributed by atoms with van der Waals surface area (Å²) in [5.41, 5.74) is -0.105. The molecule has 0 fully saturated rings. The van der Waals surface area contributed by atoms with Gasteiger partial charge in [-0.3, -0.25) is 0 Å². The molecule has 1 atom stereocenters. The molecule has 0 saturated heterocycles. The number of rotatable bonds is 3. The van der Waals surface area contributed by atoms with E-state index in [0.29, 0.717) is 5.56 Å². The van der Waals surface area contributed by atoms with E-state index in [1.807, 2.05) is 0 Å². The fourth-order valence-corrected chi connectivity index (χ4v) is 2.39. The average Bonchev–Trinajstić information content (AvgIpc) is 2.42. The number of nitrogens with one attached hydrogen (secondary N) is 1. The van der Waals surface area contributed by atoms with Crippen LogP contribution in [0, 0.1) is 5.82 Å². The minimum Gasteiger partial charge on any atom is -0.309 e. The molecule has 21 heavy (non-hydrogen) atoms. The molecule has 1 unspecified atom stereocenters. The van der Waals surface area contributed by atoms with Crippen molar-refractivity contribution in [2.75, 3.05) is 7.05 Å². The zero-order valence-electron chi connectivity index (χ0n) is 11.0. The molecular weight excluding hydrogens is 350 g/mol. The van der Waals surface area contributed by atoms with Crippen molar-refractivity contribution in [3.63, 3.8) is 0 Å². The van der Waals surface area contributed by atoms with Crippen LogP contribution < -0.4 is 5.32 Å². The first-order chi connectivity index (χ1) is 9.82. The summed E-state index contributed by atoms with van der Waals surface area (Å²) in [4.78, 5) is 0. The molecule has 0 aliphatic rings. The molecule has 0 radical (unpaired) electrons. The van der Waals surface area contributed by atoms with E-state index in [2.05, 4.69) is 21.2 Å². The lowest BCUT2D eigenvalue weighted by atomic mass is 9.97. The summed E-state index contributed by atoms with van der Waals surface area (Å²) < 4.78 is 52.6. The summed E-state index contributed by atoms with van der Waals surface area (Å²) in [5, 5.41) is 2.95. The van der Waals surface area contributed by atoms with Crippen molar-refractivity contribution in [1.82, 2.24) is 5.32 Å². The largest absolute Gasteiger partial charge is 0.419 e. The van der Waals surface area contributed by atoms with E-state index >= 15 is 0 Å². The minimum absolute atomic E-state index is 0.355. The Labute approximate surface area is 128 Å². The molecule has 0 spiro atoms. The first kappa shape index (κ1) is 16.0. The third kappa shape index (κ3) is 3.63. The minimum atomic E-state index is -4.71. The first-order valence-electron chi connectivity index (χ1n) is 6.12. The highest BCUT2D eigenvalue weighted by atomic mass is 79.9. The average molecular weight is 362 g/mol. The van der Waals surface area contributed by atoms with Crippen LogP contribution in [0.3, 0.4) is 0 Å². The molecule has 0 amide bonds. The van der Waals surface area contributed by atoms with Gasteiger partial charge in [0.05, 0.1) is 11.6 Å². The van der Waals surface area contributed by atoms with Gasteiger partial charge in [-0.05, 0) is 42.4 Å². The van der Waals surface area contributed by atoms with E-state index < -0.39 is 23.6 Å². The van der Waals surface area contributed by atoms with E-state index in [1.54, 1.807) is 31.3 Å². The van der Waals surface area contributed by atoms with Crippen molar-refractivity contribution in [1.29, 1.82) is 0 Å². The Hall–Kier alpha value is -1.40.